The van der Waals surface area contributed by atoms with E-state index in [9.17, 15) is 4.39 Å². The van der Waals surface area contributed by atoms with Crippen molar-refractivity contribution in [3.05, 3.63) is 6.92 Å². The summed E-state index contributed by atoms with van der Waals surface area (Å²) in [5.41, 5.74) is -1.19. The van der Waals surface area contributed by atoms with E-state index in [1.165, 1.54) is 6.92 Å². The van der Waals surface area contributed by atoms with E-state index in [2.05, 4.69) is 6.92 Å². The molecule has 1 nitrogen and oxygen atoms in total. The minimum absolute atomic E-state index is 0.226. The average molecular weight is 105 g/mol. The molecule has 0 aliphatic carbocycles. The summed E-state index contributed by atoms with van der Waals surface area (Å²) in [6, 6.07) is 0. The quantitative estimate of drug-likeness (QED) is 0.554. The smallest absolute Gasteiger partial charge is 0.118 e. The lowest BCUT2D eigenvalue weighted by atomic mass is 10.1. The summed E-state index contributed by atoms with van der Waals surface area (Å²) in [5.74, 6) is 0. The molecule has 0 aromatic carbocycles. The average Bonchev–Trinajstić information content (AvgIpc) is 1.68. The van der Waals surface area contributed by atoms with Crippen molar-refractivity contribution in [2.75, 3.05) is 6.67 Å². The maximum atomic E-state index is 11.5. The van der Waals surface area contributed by atoms with Crippen LogP contribution in [-0.4, -0.2) is 17.4 Å². The van der Waals surface area contributed by atoms with Crippen LogP contribution < -0.4 is 0 Å². The fraction of sp³-hybridized carbons (Fsp3) is 0.800. The van der Waals surface area contributed by atoms with Gasteiger partial charge >= 0.3 is 0 Å². The van der Waals surface area contributed by atoms with Gasteiger partial charge in [0.2, 0.25) is 0 Å². The van der Waals surface area contributed by atoms with Crippen molar-refractivity contribution in [2.45, 2.75) is 18.9 Å². The Bertz CT molecular complexity index is 46.0. The Morgan fingerprint density at radius 3 is 2.29 bits per heavy atom. The van der Waals surface area contributed by atoms with Gasteiger partial charge in [0.25, 0.3) is 0 Å². The van der Waals surface area contributed by atoms with E-state index in [-0.39, 0.29) is 6.42 Å². The van der Waals surface area contributed by atoms with Crippen LogP contribution in [0.4, 0.5) is 4.39 Å². The highest BCUT2D eigenvalue weighted by Gasteiger charge is 2.15. The molecule has 0 saturated carbocycles. The van der Waals surface area contributed by atoms with Gasteiger partial charge in [-0.2, -0.15) is 0 Å². The van der Waals surface area contributed by atoms with Crippen molar-refractivity contribution in [1.29, 1.82) is 0 Å². The number of hydrogen-bond acceptors (Lipinski definition) is 1. The summed E-state index contributed by atoms with van der Waals surface area (Å²) in [5, 5.41) is 8.69. The standard InChI is InChI=1S/C5H10FO/c1-3-5(2,7)4-6/h7H,1,3-4H2,2H3. The van der Waals surface area contributed by atoms with E-state index in [0.29, 0.717) is 0 Å². The number of halogens is 1. The molecule has 0 saturated heterocycles. The molecule has 0 spiro atoms. The topological polar surface area (TPSA) is 20.2 Å². The first kappa shape index (κ1) is 6.89. The molecule has 0 aliphatic rings. The van der Waals surface area contributed by atoms with Crippen molar-refractivity contribution in [2.24, 2.45) is 0 Å². The predicted molar refractivity (Wildman–Crippen MR) is 26.6 cm³/mol. The van der Waals surface area contributed by atoms with E-state index in [1.807, 2.05) is 0 Å². The first-order valence-corrected chi connectivity index (χ1v) is 2.20. The Balaban J connectivity index is 3.36. The van der Waals surface area contributed by atoms with Gasteiger partial charge in [0, 0.05) is 0 Å². The molecule has 2 heteroatoms. The second-order valence-electron chi connectivity index (χ2n) is 1.88. The minimum Gasteiger partial charge on any atom is -0.387 e. The molecular weight excluding hydrogens is 95.1 g/mol. The lowest BCUT2D eigenvalue weighted by Gasteiger charge is -2.14. The Labute approximate surface area is 43.2 Å². The van der Waals surface area contributed by atoms with Crippen LogP contribution in [0.3, 0.4) is 0 Å². The highest BCUT2D eigenvalue weighted by Crippen LogP contribution is 2.06. The SMILES string of the molecule is [CH2]CC(C)(O)CF. The first-order valence-electron chi connectivity index (χ1n) is 2.20. The molecule has 0 amide bonds. The van der Waals surface area contributed by atoms with Crippen LogP contribution in [0.2, 0.25) is 0 Å². The van der Waals surface area contributed by atoms with Gasteiger partial charge in [-0.05, 0) is 13.3 Å². The number of hydrogen-bond donors (Lipinski definition) is 1. The zero-order valence-corrected chi connectivity index (χ0v) is 4.45. The zero-order valence-electron chi connectivity index (χ0n) is 4.45. The fourth-order valence-electron chi connectivity index (χ4n) is 0.0668. The van der Waals surface area contributed by atoms with Crippen LogP contribution >= 0.6 is 0 Å². The first-order chi connectivity index (χ1) is 3.12. The highest BCUT2D eigenvalue weighted by atomic mass is 19.1. The van der Waals surface area contributed by atoms with Gasteiger partial charge in [0.05, 0.1) is 5.60 Å². The second-order valence-corrected chi connectivity index (χ2v) is 1.88. The van der Waals surface area contributed by atoms with Crippen molar-refractivity contribution in [3.63, 3.8) is 0 Å². The molecule has 0 fully saturated rings. The Morgan fingerprint density at radius 2 is 2.29 bits per heavy atom. The van der Waals surface area contributed by atoms with Crippen molar-refractivity contribution < 1.29 is 9.50 Å². The third kappa shape index (κ3) is 2.57. The molecule has 1 radical (unpaired) electrons. The summed E-state index contributed by atoms with van der Waals surface area (Å²) >= 11 is 0. The third-order valence-electron chi connectivity index (χ3n) is 0.826. The van der Waals surface area contributed by atoms with Gasteiger partial charge < -0.3 is 5.11 Å². The monoisotopic (exact) mass is 105 g/mol. The molecule has 1 N–H and O–H groups in total. The lowest BCUT2D eigenvalue weighted by Crippen LogP contribution is -2.24. The van der Waals surface area contributed by atoms with Gasteiger partial charge in [-0.25, -0.2) is 4.39 Å². The van der Waals surface area contributed by atoms with E-state index >= 15 is 0 Å². The third-order valence-corrected chi connectivity index (χ3v) is 0.826. The second kappa shape index (κ2) is 2.26. The van der Waals surface area contributed by atoms with Gasteiger partial charge in [-0.3, -0.25) is 0 Å². The van der Waals surface area contributed by atoms with Crippen LogP contribution in [0.25, 0.3) is 0 Å². The highest BCUT2D eigenvalue weighted by molar-refractivity contribution is 4.70. The van der Waals surface area contributed by atoms with E-state index in [4.69, 9.17) is 5.11 Å². The van der Waals surface area contributed by atoms with Gasteiger partial charge in [-0.1, -0.05) is 6.92 Å². The maximum absolute atomic E-state index is 11.5. The lowest BCUT2D eigenvalue weighted by molar-refractivity contribution is 0.0358. The van der Waals surface area contributed by atoms with E-state index < -0.39 is 12.3 Å². The largest absolute Gasteiger partial charge is 0.387 e. The van der Waals surface area contributed by atoms with Gasteiger partial charge in [0.1, 0.15) is 6.67 Å². The fourth-order valence-corrected chi connectivity index (χ4v) is 0.0668. The van der Waals surface area contributed by atoms with Gasteiger partial charge in [0.15, 0.2) is 0 Å². The Kier molecular flexibility index (Phi) is 2.23. The Morgan fingerprint density at radius 1 is 1.86 bits per heavy atom. The molecule has 0 aromatic heterocycles. The van der Waals surface area contributed by atoms with Crippen LogP contribution in [0.5, 0.6) is 0 Å². The van der Waals surface area contributed by atoms with E-state index in [1.54, 1.807) is 0 Å². The van der Waals surface area contributed by atoms with Gasteiger partial charge in [-0.15, -0.1) is 0 Å². The summed E-state index contributed by atoms with van der Waals surface area (Å²) in [6.07, 6.45) is 0.226. The number of alkyl halides is 1. The summed E-state index contributed by atoms with van der Waals surface area (Å²) in [6.45, 7) is 4.04. The van der Waals surface area contributed by atoms with Crippen molar-refractivity contribution in [3.8, 4) is 0 Å². The maximum Gasteiger partial charge on any atom is 0.118 e. The molecule has 0 heterocycles. The van der Waals surface area contributed by atoms with Crippen molar-refractivity contribution >= 4 is 0 Å². The molecule has 1 atom stereocenters. The normalized spacial score (nSPS) is 18.9. The summed E-state index contributed by atoms with van der Waals surface area (Å²) in [7, 11) is 0. The molecular formula is C5H10FO. The summed E-state index contributed by atoms with van der Waals surface area (Å²) in [4.78, 5) is 0. The molecule has 0 rings (SSSR count). The van der Waals surface area contributed by atoms with Crippen molar-refractivity contribution in [1.82, 2.24) is 0 Å². The molecule has 43 valence electrons. The molecule has 7 heavy (non-hydrogen) atoms. The molecule has 0 aliphatic heterocycles. The molecule has 1 unspecified atom stereocenters. The predicted octanol–water partition coefficient (Wildman–Crippen LogP) is 0.931. The zero-order chi connectivity index (χ0) is 5.91. The van der Waals surface area contributed by atoms with Crippen LogP contribution in [0.15, 0.2) is 0 Å². The van der Waals surface area contributed by atoms with Crippen LogP contribution in [-0.2, 0) is 0 Å². The Hall–Kier alpha value is -0.110. The number of aliphatic hydroxyl groups is 1. The van der Waals surface area contributed by atoms with E-state index in [0.717, 1.165) is 0 Å². The van der Waals surface area contributed by atoms with Crippen LogP contribution in [0.1, 0.15) is 13.3 Å². The van der Waals surface area contributed by atoms with Crippen LogP contribution in [0, 0.1) is 6.92 Å². The molecule has 0 aromatic rings. The number of rotatable bonds is 2. The summed E-state index contributed by atoms with van der Waals surface area (Å²) < 4.78 is 11.5. The molecule has 0 bridgehead atoms. The minimum atomic E-state index is -1.19.